The molecule has 1 aliphatic rings. The minimum atomic E-state index is 0.397. The predicted molar refractivity (Wildman–Crippen MR) is 66.1 cm³/mol. The number of allylic oxidation sites excluding steroid dienone is 3. The van der Waals surface area contributed by atoms with E-state index in [1.165, 1.54) is 18.4 Å². The first-order valence-electron chi connectivity index (χ1n) is 5.09. The maximum absolute atomic E-state index is 7.74. The number of halogens is 1. The Kier molecular flexibility index (Phi) is 3.71. The molecular weight excluding hydrogens is 238 g/mol. The Balaban J connectivity index is 3.14. The molecule has 0 atom stereocenters. The quantitative estimate of drug-likeness (QED) is 0.573. The lowest BCUT2D eigenvalue weighted by Gasteiger charge is -2.16. The molecule has 0 unspecified atom stereocenters. The van der Waals surface area contributed by atoms with Crippen LogP contribution >= 0.6 is 15.9 Å². The molecule has 1 saturated carbocycles. The number of hydrogen-bond donors (Lipinski definition) is 1. The van der Waals surface area contributed by atoms with Gasteiger partial charge in [-0.25, -0.2) is 0 Å². The molecule has 0 heterocycles. The summed E-state index contributed by atoms with van der Waals surface area (Å²) in [5.41, 5.74) is 3.59. The molecule has 0 aromatic carbocycles. The third kappa shape index (κ3) is 2.57. The highest BCUT2D eigenvalue weighted by Gasteiger charge is 2.30. The molecule has 0 radical (unpaired) electrons. The topological polar surface area (TPSA) is 23.9 Å². The molecule has 0 saturated heterocycles. The fourth-order valence-corrected chi connectivity index (χ4v) is 2.52. The van der Waals surface area contributed by atoms with Crippen molar-refractivity contribution in [2.75, 3.05) is 0 Å². The van der Waals surface area contributed by atoms with Gasteiger partial charge in [-0.3, -0.25) is 5.41 Å². The lowest BCUT2D eigenvalue weighted by atomic mass is 9.91. The average Bonchev–Trinajstić information content (AvgIpc) is 2.79. The van der Waals surface area contributed by atoms with Crippen LogP contribution in [0, 0.1) is 17.2 Å². The van der Waals surface area contributed by atoms with Gasteiger partial charge in [0.1, 0.15) is 4.62 Å². The van der Waals surface area contributed by atoms with E-state index in [0.717, 1.165) is 11.1 Å². The monoisotopic (exact) mass is 255 g/mol. The SMILES string of the molecule is C=C(C)/C(=C(\C(=N)Br)C(C)C)C1CC1. The Morgan fingerprint density at radius 1 is 1.43 bits per heavy atom. The van der Waals surface area contributed by atoms with E-state index in [9.17, 15) is 0 Å². The van der Waals surface area contributed by atoms with E-state index in [4.69, 9.17) is 5.41 Å². The zero-order valence-electron chi connectivity index (χ0n) is 9.15. The lowest BCUT2D eigenvalue weighted by molar-refractivity contribution is 0.779. The molecule has 1 N–H and O–H groups in total. The average molecular weight is 256 g/mol. The van der Waals surface area contributed by atoms with Crippen LogP contribution in [0.4, 0.5) is 0 Å². The van der Waals surface area contributed by atoms with Crippen molar-refractivity contribution in [3.8, 4) is 0 Å². The summed E-state index contributed by atoms with van der Waals surface area (Å²) in [6, 6.07) is 0. The van der Waals surface area contributed by atoms with Crippen LogP contribution < -0.4 is 0 Å². The number of hydrogen-bond acceptors (Lipinski definition) is 1. The lowest BCUT2D eigenvalue weighted by Crippen LogP contribution is -2.07. The summed E-state index contributed by atoms with van der Waals surface area (Å²) in [5, 5.41) is 7.74. The molecule has 14 heavy (non-hydrogen) atoms. The molecule has 1 fully saturated rings. The van der Waals surface area contributed by atoms with Crippen LogP contribution in [-0.2, 0) is 0 Å². The molecule has 0 aliphatic heterocycles. The van der Waals surface area contributed by atoms with Gasteiger partial charge >= 0.3 is 0 Å². The zero-order chi connectivity index (χ0) is 10.9. The minimum Gasteiger partial charge on any atom is -0.293 e. The Bertz CT molecular complexity index is 273. The normalized spacial score (nSPS) is 18.1. The summed E-state index contributed by atoms with van der Waals surface area (Å²) in [5.74, 6) is 1.07. The maximum atomic E-state index is 7.74. The van der Waals surface area contributed by atoms with Crippen LogP contribution in [0.2, 0.25) is 0 Å². The molecule has 78 valence electrons. The molecule has 0 bridgehead atoms. The molecular formula is C12H18BrN. The van der Waals surface area contributed by atoms with Crippen molar-refractivity contribution < 1.29 is 0 Å². The van der Waals surface area contributed by atoms with Crippen LogP contribution in [0.5, 0.6) is 0 Å². The third-order valence-electron chi connectivity index (χ3n) is 2.55. The molecule has 2 heteroatoms. The first-order valence-corrected chi connectivity index (χ1v) is 5.88. The molecule has 1 nitrogen and oxygen atoms in total. The third-order valence-corrected chi connectivity index (χ3v) is 2.98. The van der Waals surface area contributed by atoms with Gasteiger partial charge in [0.05, 0.1) is 0 Å². The van der Waals surface area contributed by atoms with Crippen LogP contribution in [-0.4, -0.2) is 4.62 Å². The van der Waals surface area contributed by atoms with Crippen molar-refractivity contribution in [1.29, 1.82) is 5.41 Å². The van der Waals surface area contributed by atoms with Crippen molar-refractivity contribution in [1.82, 2.24) is 0 Å². The molecule has 1 aliphatic carbocycles. The highest BCUT2D eigenvalue weighted by Crippen LogP contribution is 2.43. The van der Waals surface area contributed by atoms with Gasteiger partial charge in [0.2, 0.25) is 0 Å². The molecule has 0 aromatic rings. The standard InChI is InChI=1S/C12H18BrN/c1-7(2)10(9-5-6-9)11(8(3)4)12(13)14/h8-9,14H,1,5-6H2,2-4H3/b11-10+,14-12?. The summed E-state index contributed by atoms with van der Waals surface area (Å²) in [4.78, 5) is 0. The van der Waals surface area contributed by atoms with Gasteiger partial charge in [0.15, 0.2) is 0 Å². The highest BCUT2D eigenvalue weighted by molar-refractivity contribution is 9.18. The largest absolute Gasteiger partial charge is 0.293 e. The Labute approximate surface area is 94.9 Å². The highest BCUT2D eigenvalue weighted by atomic mass is 79.9. The second-order valence-corrected chi connectivity index (χ2v) is 5.14. The van der Waals surface area contributed by atoms with Gasteiger partial charge in [-0.2, -0.15) is 0 Å². The van der Waals surface area contributed by atoms with E-state index in [2.05, 4.69) is 36.4 Å². The van der Waals surface area contributed by atoms with E-state index in [0.29, 0.717) is 16.5 Å². The Hall–Kier alpha value is -0.370. The fourth-order valence-electron chi connectivity index (χ4n) is 1.85. The van der Waals surface area contributed by atoms with Crippen molar-refractivity contribution >= 4 is 20.6 Å². The second kappa shape index (κ2) is 4.43. The van der Waals surface area contributed by atoms with E-state index in [1.54, 1.807) is 0 Å². The van der Waals surface area contributed by atoms with E-state index < -0.39 is 0 Å². The van der Waals surface area contributed by atoms with E-state index in [-0.39, 0.29) is 0 Å². The fraction of sp³-hybridized carbons (Fsp3) is 0.583. The molecule has 0 aromatic heterocycles. The molecule has 0 spiro atoms. The Morgan fingerprint density at radius 2 is 1.93 bits per heavy atom. The summed E-state index contributed by atoms with van der Waals surface area (Å²) >= 11 is 3.29. The smallest absolute Gasteiger partial charge is 0.100 e. The van der Waals surface area contributed by atoms with Gasteiger partial charge in [-0.15, -0.1) is 0 Å². The van der Waals surface area contributed by atoms with E-state index >= 15 is 0 Å². The van der Waals surface area contributed by atoms with Gasteiger partial charge in [-0.1, -0.05) is 26.0 Å². The van der Waals surface area contributed by atoms with Crippen molar-refractivity contribution in [2.45, 2.75) is 33.6 Å². The van der Waals surface area contributed by atoms with E-state index in [1.807, 2.05) is 6.92 Å². The summed E-state index contributed by atoms with van der Waals surface area (Å²) in [6.45, 7) is 10.3. The van der Waals surface area contributed by atoms with Crippen LogP contribution in [0.1, 0.15) is 33.6 Å². The summed E-state index contributed by atoms with van der Waals surface area (Å²) in [6.07, 6.45) is 2.53. The van der Waals surface area contributed by atoms with Crippen molar-refractivity contribution in [2.24, 2.45) is 11.8 Å². The van der Waals surface area contributed by atoms with Crippen LogP contribution in [0.25, 0.3) is 0 Å². The van der Waals surface area contributed by atoms with Crippen LogP contribution in [0.15, 0.2) is 23.3 Å². The minimum absolute atomic E-state index is 0.397. The van der Waals surface area contributed by atoms with Gasteiger partial charge < -0.3 is 0 Å². The summed E-state index contributed by atoms with van der Waals surface area (Å²) < 4.78 is 0.525. The van der Waals surface area contributed by atoms with Crippen molar-refractivity contribution in [3.63, 3.8) is 0 Å². The van der Waals surface area contributed by atoms with Crippen molar-refractivity contribution in [3.05, 3.63) is 23.3 Å². The first kappa shape index (κ1) is 11.7. The Morgan fingerprint density at radius 3 is 2.14 bits per heavy atom. The molecule has 0 amide bonds. The first-order chi connectivity index (χ1) is 6.45. The maximum Gasteiger partial charge on any atom is 0.100 e. The van der Waals surface area contributed by atoms with Crippen LogP contribution in [0.3, 0.4) is 0 Å². The zero-order valence-corrected chi connectivity index (χ0v) is 10.7. The predicted octanol–water partition coefficient (Wildman–Crippen LogP) is 4.30. The second-order valence-electron chi connectivity index (χ2n) is 4.35. The van der Waals surface area contributed by atoms with Gasteiger partial charge in [0.25, 0.3) is 0 Å². The summed E-state index contributed by atoms with van der Waals surface area (Å²) in [7, 11) is 0. The number of rotatable bonds is 4. The van der Waals surface area contributed by atoms with Gasteiger partial charge in [0, 0.05) is 0 Å². The van der Waals surface area contributed by atoms with Gasteiger partial charge in [-0.05, 0) is 58.7 Å². The number of nitrogens with one attached hydrogen (secondary N) is 1. The molecule has 1 rings (SSSR count).